The molecule has 0 radical (unpaired) electrons. The van der Waals surface area contributed by atoms with Gasteiger partial charge in [0.2, 0.25) is 0 Å². The number of nitrogens with zero attached hydrogens (tertiary/aromatic N) is 2. The van der Waals surface area contributed by atoms with E-state index in [4.69, 9.17) is 40.3 Å². The van der Waals surface area contributed by atoms with Crippen molar-refractivity contribution in [3.8, 4) is 23.0 Å². The van der Waals surface area contributed by atoms with E-state index in [1.165, 1.54) is 30.1 Å². The van der Waals surface area contributed by atoms with E-state index in [1.807, 2.05) is 44.2 Å². The van der Waals surface area contributed by atoms with Gasteiger partial charge in [0, 0.05) is 5.56 Å². The number of carbonyl (C=O) groups is 1. The van der Waals surface area contributed by atoms with Crippen LogP contribution in [-0.4, -0.2) is 44.6 Å². The zero-order chi connectivity index (χ0) is 32.2. The van der Waals surface area contributed by atoms with Gasteiger partial charge in [0.15, 0.2) is 27.8 Å². The zero-order valence-corrected chi connectivity index (χ0v) is 27.3. The van der Waals surface area contributed by atoms with E-state index in [2.05, 4.69) is 0 Å². The molecule has 11 heteroatoms. The van der Waals surface area contributed by atoms with Crippen molar-refractivity contribution in [1.29, 1.82) is 0 Å². The number of esters is 1. The summed E-state index contributed by atoms with van der Waals surface area (Å²) in [6, 6.07) is 17.2. The highest BCUT2D eigenvalue weighted by Crippen LogP contribution is 2.39. The summed E-state index contributed by atoms with van der Waals surface area (Å²) in [5, 5.41) is 0.348. The molecule has 0 unspecified atom stereocenters. The minimum Gasteiger partial charge on any atom is -0.493 e. The molecule has 0 fully saturated rings. The van der Waals surface area contributed by atoms with Crippen molar-refractivity contribution in [2.75, 3.05) is 27.9 Å². The maximum absolute atomic E-state index is 14.3. The number of hydrogen-bond acceptors (Lipinski definition) is 9. The molecule has 0 amide bonds. The van der Waals surface area contributed by atoms with Crippen LogP contribution in [0.25, 0.3) is 11.8 Å². The van der Waals surface area contributed by atoms with Gasteiger partial charge in [0.25, 0.3) is 5.56 Å². The Hall–Kier alpha value is -4.54. The minimum atomic E-state index is -0.877. The number of carbonyl (C=O) groups excluding carboxylic acids is 1. The van der Waals surface area contributed by atoms with Gasteiger partial charge < -0.3 is 23.7 Å². The molecule has 234 valence electrons. The normalized spacial score (nSPS) is 14.6. The number of methoxy groups -OCH3 is 3. The molecule has 1 aliphatic heterocycles. The molecule has 1 aromatic heterocycles. The second-order valence-electron chi connectivity index (χ2n) is 10.2. The lowest BCUT2D eigenvalue weighted by molar-refractivity contribution is -0.138. The summed E-state index contributed by atoms with van der Waals surface area (Å²) in [7, 11) is 4.60. The Bertz CT molecular complexity index is 1950. The number of hydrogen-bond donors (Lipinski definition) is 0. The third-order valence-electron chi connectivity index (χ3n) is 7.00. The van der Waals surface area contributed by atoms with E-state index in [0.717, 1.165) is 0 Å². The molecule has 0 spiro atoms. The molecule has 0 bridgehead atoms. The zero-order valence-electron chi connectivity index (χ0n) is 25.8. The Labute approximate surface area is 269 Å². The van der Waals surface area contributed by atoms with Crippen LogP contribution in [0.15, 0.2) is 76.0 Å². The van der Waals surface area contributed by atoms with Crippen LogP contribution < -0.4 is 33.8 Å². The van der Waals surface area contributed by atoms with Gasteiger partial charge in [-0.3, -0.25) is 9.36 Å². The average Bonchev–Trinajstić information content (AvgIpc) is 3.35. The van der Waals surface area contributed by atoms with E-state index < -0.39 is 12.0 Å². The van der Waals surface area contributed by atoms with Crippen molar-refractivity contribution < 1.29 is 28.5 Å². The van der Waals surface area contributed by atoms with Gasteiger partial charge in [0.05, 0.1) is 60.9 Å². The first kappa shape index (κ1) is 31.9. The maximum atomic E-state index is 14.3. The Morgan fingerprint density at radius 1 is 1.00 bits per heavy atom. The SMILES string of the molecule is CCOC(=O)C1=C(c2ccccc2)N=c2s/c(=C\c3cc(Cl)c(OC(C)C)c(OC)c3)c(=O)n2[C@@H]1c1ccc(OC)c(OC)c1. The predicted octanol–water partition coefficient (Wildman–Crippen LogP) is 5.40. The number of rotatable bonds is 10. The summed E-state index contributed by atoms with van der Waals surface area (Å²) in [6.07, 6.45) is 1.61. The highest BCUT2D eigenvalue weighted by Gasteiger charge is 2.35. The molecule has 2 heterocycles. The first-order valence-electron chi connectivity index (χ1n) is 14.2. The molecular weight excluding hydrogens is 616 g/mol. The summed E-state index contributed by atoms with van der Waals surface area (Å²) in [5.41, 5.74) is 2.27. The van der Waals surface area contributed by atoms with E-state index in [1.54, 1.807) is 50.4 Å². The van der Waals surface area contributed by atoms with Crippen molar-refractivity contribution >= 4 is 40.7 Å². The van der Waals surface area contributed by atoms with Crippen molar-refractivity contribution in [3.05, 3.63) is 108 Å². The van der Waals surface area contributed by atoms with Crippen LogP contribution >= 0.6 is 22.9 Å². The van der Waals surface area contributed by atoms with E-state index >= 15 is 0 Å². The third-order valence-corrected chi connectivity index (χ3v) is 8.26. The number of aromatic nitrogens is 1. The van der Waals surface area contributed by atoms with Gasteiger partial charge >= 0.3 is 5.97 Å². The summed E-state index contributed by atoms with van der Waals surface area (Å²) in [5.74, 6) is 1.24. The summed E-state index contributed by atoms with van der Waals surface area (Å²) >= 11 is 7.79. The van der Waals surface area contributed by atoms with Crippen LogP contribution in [0.4, 0.5) is 0 Å². The summed E-state index contributed by atoms with van der Waals surface area (Å²) in [4.78, 5) is 33.3. The van der Waals surface area contributed by atoms with Gasteiger partial charge in [-0.1, -0.05) is 59.3 Å². The average molecular weight is 649 g/mol. The van der Waals surface area contributed by atoms with Crippen LogP contribution in [0, 0.1) is 0 Å². The second kappa shape index (κ2) is 13.6. The van der Waals surface area contributed by atoms with Crippen molar-refractivity contribution in [2.45, 2.75) is 32.9 Å². The van der Waals surface area contributed by atoms with Crippen LogP contribution in [-0.2, 0) is 9.53 Å². The molecule has 45 heavy (non-hydrogen) atoms. The van der Waals surface area contributed by atoms with Crippen molar-refractivity contribution in [1.82, 2.24) is 4.57 Å². The van der Waals surface area contributed by atoms with E-state index in [9.17, 15) is 9.59 Å². The Morgan fingerprint density at radius 3 is 2.36 bits per heavy atom. The van der Waals surface area contributed by atoms with Crippen LogP contribution in [0.3, 0.4) is 0 Å². The summed E-state index contributed by atoms with van der Waals surface area (Å²) in [6.45, 7) is 5.67. The fraction of sp³-hybridized carbons (Fsp3) is 0.265. The van der Waals surface area contributed by atoms with Crippen LogP contribution in [0.1, 0.15) is 43.5 Å². The molecule has 3 aromatic carbocycles. The molecule has 5 rings (SSSR count). The lowest BCUT2D eigenvalue weighted by atomic mass is 9.93. The lowest BCUT2D eigenvalue weighted by Gasteiger charge is -2.26. The van der Waals surface area contributed by atoms with Gasteiger partial charge in [-0.05, 0) is 62.2 Å². The number of ether oxygens (including phenoxy) is 5. The quantitative estimate of drug-likeness (QED) is 0.212. The van der Waals surface area contributed by atoms with Crippen molar-refractivity contribution in [3.63, 3.8) is 0 Å². The van der Waals surface area contributed by atoms with Crippen molar-refractivity contribution in [2.24, 2.45) is 4.99 Å². The number of benzene rings is 3. The topological polar surface area (TPSA) is 97.6 Å². The van der Waals surface area contributed by atoms with Crippen LogP contribution in [0.5, 0.6) is 23.0 Å². The molecule has 1 atom stereocenters. The fourth-order valence-electron chi connectivity index (χ4n) is 5.10. The minimum absolute atomic E-state index is 0.116. The smallest absolute Gasteiger partial charge is 0.338 e. The Morgan fingerprint density at radius 2 is 1.71 bits per heavy atom. The highest BCUT2D eigenvalue weighted by atomic mass is 35.5. The monoisotopic (exact) mass is 648 g/mol. The fourth-order valence-corrected chi connectivity index (χ4v) is 6.37. The highest BCUT2D eigenvalue weighted by molar-refractivity contribution is 7.07. The lowest BCUT2D eigenvalue weighted by Crippen LogP contribution is -2.40. The summed E-state index contributed by atoms with van der Waals surface area (Å²) < 4.78 is 29.9. The van der Waals surface area contributed by atoms with Gasteiger partial charge in [0.1, 0.15) is 0 Å². The molecular formula is C34H33ClN2O7S. The molecule has 0 aliphatic carbocycles. The van der Waals surface area contributed by atoms with Gasteiger partial charge in [-0.25, -0.2) is 9.79 Å². The number of thiazole rings is 1. The van der Waals surface area contributed by atoms with E-state index in [0.29, 0.717) is 59.7 Å². The Balaban J connectivity index is 1.80. The predicted molar refractivity (Wildman–Crippen MR) is 174 cm³/mol. The molecule has 9 nitrogen and oxygen atoms in total. The van der Waals surface area contributed by atoms with Crippen LogP contribution in [0.2, 0.25) is 5.02 Å². The molecule has 0 saturated carbocycles. The molecule has 0 saturated heterocycles. The van der Waals surface area contributed by atoms with Gasteiger partial charge in [-0.15, -0.1) is 0 Å². The number of fused-ring (bicyclic) bond motifs is 1. The maximum Gasteiger partial charge on any atom is 0.338 e. The molecule has 1 aliphatic rings. The Kier molecular flexibility index (Phi) is 9.65. The first-order valence-corrected chi connectivity index (χ1v) is 15.4. The molecule has 4 aromatic rings. The van der Waals surface area contributed by atoms with E-state index in [-0.39, 0.29) is 23.8 Å². The largest absolute Gasteiger partial charge is 0.493 e. The van der Waals surface area contributed by atoms with Gasteiger partial charge in [-0.2, -0.15) is 0 Å². The number of halogens is 1. The first-order chi connectivity index (χ1) is 21.7. The standard InChI is InChI=1S/C34H33ClN2O7S/c1-7-43-33(39)28-29(21-11-9-8-10-12-21)36-34-37(30(28)22-13-14-24(40-4)25(18-22)41-5)32(38)27(45-34)17-20-15-23(35)31(44-19(2)3)26(16-20)42-6/h8-19,30H,7H2,1-6H3/b27-17-/t30-/m1/s1. The molecule has 0 N–H and O–H groups in total. The second-order valence-corrected chi connectivity index (χ2v) is 11.7. The third kappa shape index (κ3) is 6.34.